The van der Waals surface area contributed by atoms with Crippen LogP contribution in [0.15, 0.2) is 52.6 Å². The summed E-state index contributed by atoms with van der Waals surface area (Å²) in [7, 11) is 3.97. The zero-order valence-electron chi connectivity index (χ0n) is 16.6. The molecule has 28 heavy (non-hydrogen) atoms. The first kappa shape index (κ1) is 19.2. The number of methoxy groups -OCH3 is 1. The summed E-state index contributed by atoms with van der Waals surface area (Å²) in [5, 5.41) is 2.72. The first-order valence-electron chi connectivity index (χ1n) is 10.0. The third kappa shape index (κ3) is 3.98. The van der Waals surface area contributed by atoms with Crippen molar-refractivity contribution in [2.45, 2.75) is 31.6 Å². The fourth-order valence-electron chi connectivity index (χ4n) is 4.37. The normalized spacial score (nSPS) is 16.3. The molecule has 0 spiro atoms. The molecule has 0 radical (unpaired) electrons. The van der Waals surface area contributed by atoms with Crippen LogP contribution in [0.5, 0.6) is 5.75 Å². The Kier molecular flexibility index (Phi) is 5.79. The van der Waals surface area contributed by atoms with Gasteiger partial charge in [0.25, 0.3) is 0 Å². The molecule has 1 aliphatic carbocycles. The third-order valence-corrected chi connectivity index (χ3v) is 6.73. The molecule has 1 unspecified atom stereocenters. The standard InChI is InChI=1S/C24H27NO2S/c1-25(13-11-17-9-10-24-21(15-17)22(26)12-14-28-24)16-18-5-3-7-20-19(18)6-4-8-23(20)27-2/h4,6,8-10,12,14-15,18H,3,5,7,11,13,16H2,1-2H3. The Morgan fingerprint density at radius 2 is 2.11 bits per heavy atom. The molecule has 1 atom stereocenters. The molecular weight excluding hydrogens is 366 g/mol. The first-order valence-corrected chi connectivity index (χ1v) is 10.9. The Balaban J connectivity index is 1.43. The van der Waals surface area contributed by atoms with Crippen LogP contribution in [-0.2, 0) is 12.8 Å². The molecule has 3 nitrogen and oxygen atoms in total. The van der Waals surface area contributed by atoms with E-state index >= 15 is 0 Å². The van der Waals surface area contributed by atoms with Crippen LogP contribution < -0.4 is 10.2 Å². The molecule has 1 heterocycles. The van der Waals surface area contributed by atoms with Gasteiger partial charge in [0.15, 0.2) is 5.43 Å². The van der Waals surface area contributed by atoms with Gasteiger partial charge in [-0.1, -0.05) is 18.2 Å². The van der Waals surface area contributed by atoms with Gasteiger partial charge in [0, 0.05) is 23.2 Å². The van der Waals surface area contributed by atoms with E-state index in [0.717, 1.165) is 41.8 Å². The van der Waals surface area contributed by atoms with Gasteiger partial charge < -0.3 is 9.64 Å². The number of hydrogen-bond acceptors (Lipinski definition) is 4. The van der Waals surface area contributed by atoms with E-state index in [1.54, 1.807) is 24.5 Å². The lowest BCUT2D eigenvalue weighted by molar-refractivity contribution is 0.299. The van der Waals surface area contributed by atoms with Gasteiger partial charge in [-0.3, -0.25) is 4.79 Å². The summed E-state index contributed by atoms with van der Waals surface area (Å²) in [6.07, 6.45) is 4.55. The van der Waals surface area contributed by atoms with E-state index in [-0.39, 0.29) is 5.43 Å². The molecule has 0 N–H and O–H groups in total. The van der Waals surface area contributed by atoms with Crippen LogP contribution in [0.25, 0.3) is 10.1 Å². The summed E-state index contributed by atoms with van der Waals surface area (Å²) in [6.45, 7) is 2.05. The van der Waals surface area contributed by atoms with Crippen LogP contribution in [0.1, 0.15) is 35.4 Å². The topological polar surface area (TPSA) is 29.5 Å². The lowest BCUT2D eigenvalue weighted by Gasteiger charge is -2.30. The van der Waals surface area contributed by atoms with Crippen molar-refractivity contribution in [3.05, 3.63) is 74.8 Å². The van der Waals surface area contributed by atoms with Crippen molar-refractivity contribution in [2.75, 3.05) is 27.2 Å². The monoisotopic (exact) mass is 393 g/mol. The molecule has 1 aromatic heterocycles. The summed E-state index contributed by atoms with van der Waals surface area (Å²) in [6, 6.07) is 14.5. The molecule has 2 aromatic carbocycles. The predicted octanol–water partition coefficient (Wildman–Crippen LogP) is 4.86. The minimum Gasteiger partial charge on any atom is -0.496 e. The lowest BCUT2D eigenvalue weighted by atomic mass is 9.82. The summed E-state index contributed by atoms with van der Waals surface area (Å²) in [5.41, 5.74) is 4.21. The summed E-state index contributed by atoms with van der Waals surface area (Å²) >= 11 is 1.62. The van der Waals surface area contributed by atoms with Gasteiger partial charge in [0.05, 0.1) is 7.11 Å². The zero-order chi connectivity index (χ0) is 19.5. The molecule has 3 aromatic rings. The molecule has 1 aliphatic rings. The van der Waals surface area contributed by atoms with Crippen molar-refractivity contribution < 1.29 is 4.74 Å². The second-order valence-corrected chi connectivity index (χ2v) is 8.69. The Bertz CT molecular complexity index is 1030. The van der Waals surface area contributed by atoms with Crippen LogP contribution in [-0.4, -0.2) is 32.1 Å². The van der Waals surface area contributed by atoms with Crippen molar-refractivity contribution >= 4 is 21.4 Å². The Morgan fingerprint density at radius 1 is 1.21 bits per heavy atom. The van der Waals surface area contributed by atoms with Gasteiger partial charge in [-0.25, -0.2) is 0 Å². The molecule has 4 rings (SSSR count). The fourth-order valence-corrected chi connectivity index (χ4v) is 5.14. The summed E-state index contributed by atoms with van der Waals surface area (Å²) in [5.74, 6) is 1.60. The lowest BCUT2D eigenvalue weighted by Crippen LogP contribution is -2.28. The molecule has 0 aliphatic heterocycles. The van der Waals surface area contributed by atoms with Crippen LogP contribution in [0, 0.1) is 0 Å². The van der Waals surface area contributed by atoms with E-state index in [4.69, 9.17) is 4.74 Å². The molecule has 0 bridgehead atoms. The molecule has 0 saturated heterocycles. The smallest absolute Gasteiger partial charge is 0.188 e. The number of fused-ring (bicyclic) bond motifs is 2. The molecule has 0 saturated carbocycles. The van der Waals surface area contributed by atoms with E-state index < -0.39 is 0 Å². The van der Waals surface area contributed by atoms with Crippen molar-refractivity contribution in [1.82, 2.24) is 4.90 Å². The fraction of sp³-hybridized carbons (Fsp3) is 0.375. The number of benzene rings is 2. The number of likely N-dealkylation sites (N-methyl/N-ethyl adjacent to an activating group) is 1. The van der Waals surface area contributed by atoms with Gasteiger partial charge in [-0.2, -0.15) is 0 Å². The Morgan fingerprint density at radius 3 is 2.96 bits per heavy atom. The molecular formula is C24H27NO2S. The highest BCUT2D eigenvalue weighted by Crippen LogP contribution is 2.36. The Hall–Kier alpha value is -2.17. The number of hydrogen-bond donors (Lipinski definition) is 0. The maximum atomic E-state index is 12.1. The minimum atomic E-state index is 0.122. The summed E-state index contributed by atoms with van der Waals surface area (Å²) in [4.78, 5) is 14.5. The van der Waals surface area contributed by atoms with Gasteiger partial charge >= 0.3 is 0 Å². The van der Waals surface area contributed by atoms with Gasteiger partial charge in [0.2, 0.25) is 0 Å². The van der Waals surface area contributed by atoms with E-state index in [1.807, 2.05) is 5.38 Å². The maximum Gasteiger partial charge on any atom is 0.188 e. The highest BCUT2D eigenvalue weighted by Gasteiger charge is 2.23. The van der Waals surface area contributed by atoms with E-state index in [1.165, 1.54) is 29.5 Å². The molecule has 0 amide bonds. The maximum absolute atomic E-state index is 12.1. The number of ether oxygens (including phenoxy) is 1. The largest absolute Gasteiger partial charge is 0.496 e. The van der Waals surface area contributed by atoms with E-state index in [9.17, 15) is 4.79 Å². The average molecular weight is 394 g/mol. The first-order chi connectivity index (χ1) is 13.7. The quantitative estimate of drug-likeness (QED) is 0.599. The summed E-state index contributed by atoms with van der Waals surface area (Å²) < 4.78 is 6.64. The molecule has 4 heteroatoms. The second kappa shape index (κ2) is 8.46. The van der Waals surface area contributed by atoms with Crippen LogP contribution in [0.4, 0.5) is 0 Å². The number of nitrogens with zero attached hydrogens (tertiary/aromatic N) is 1. The minimum absolute atomic E-state index is 0.122. The average Bonchev–Trinajstić information content (AvgIpc) is 2.72. The van der Waals surface area contributed by atoms with Gasteiger partial charge in [0.1, 0.15) is 5.75 Å². The highest BCUT2D eigenvalue weighted by atomic mass is 32.1. The third-order valence-electron chi connectivity index (χ3n) is 5.85. The van der Waals surface area contributed by atoms with Crippen LogP contribution >= 0.6 is 11.3 Å². The zero-order valence-corrected chi connectivity index (χ0v) is 17.4. The SMILES string of the molecule is COc1cccc2c1CCCC2CN(C)CCc1ccc2sccc(=O)c2c1. The van der Waals surface area contributed by atoms with E-state index in [0.29, 0.717) is 5.92 Å². The number of rotatable bonds is 6. The van der Waals surface area contributed by atoms with Crippen LogP contribution in [0.2, 0.25) is 0 Å². The van der Waals surface area contributed by atoms with E-state index in [2.05, 4.69) is 48.3 Å². The van der Waals surface area contributed by atoms with Gasteiger partial charge in [-0.15, -0.1) is 11.3 Å². The Labute approximate surface area is 170 Å². The van der Waals surface area contributed by atoms with Crippen molar-refractivity contribution in [2.24, 2.45) is 0 Å². The predicted molar refractivity (Wildman–Crippen MR) is 118 cm³/mol. The molecule has 146 valence electrons. The molecule has 0 fully saturated rings. The second-order valence-electron chi connectivity index (χ2n) is 7.74. The van der Waals surface area contributed by atoms with Crippen molar-refractivity contribution in [3.63, 3.8) is 0 Å². The van der Waals surface area contributed by atoms with Gasteiger partial charge in [-0.05, 0) is 85.0 Å². The van der Waals surface area contributed by atoms with Crippen LogP contribution in [0.3, 0.4) is 0 Å². The highest BCUT2D eigenvalue weighted by molar-refractivity contribution is 7.16. The van der Waals surface area contributed by atoms with Crippen molar-refractivity contribution in [3.8, 4) is 5.75 Å². The van der Waals surface area contributed by atoms with Crippen molar-refractivity contribution in [1.29, 1.82) is 0 Å².